The number of nitriles is 1. The number of aryl methyl sites for hydroxylation is 1. The van der Waals surface area contributed by atoms with E-state index in [4.69, 9.17) is 5.26 Å². The molecule has 0 bridgehead atoms. The molecule has 3 atom stereocenters. The number of benzene rings is 1. The molecular weight excluding hydrogens is 424 g/mol. The minimum absolute atomic E-state index is 0.0436. The van der Waals surface area contributed by atoms with Gasteiger partial charge < -0.3 is 20.2 Å². The number of anilines is 1. The third-order valence-electron chi connectivity index (χ3n) is 6.26. The van der Waals surface area contributed by atoms with Crippen molar-refractivity contribution in [1.29, 1.82) is 5.26 Å². The molecule has 7 nitrogen and oxygen atoms in total. The quantitative estimate of drug-likeness (QED) is 0.495. The van der Waals surface area contributed by atoms with Crippen LogP contribution in [0.15, 0.2) is 24.3 Å². The molecule has 0 aromatic heterocycles. The van der Waals surface area contributed by atoms with Crippen molar-refractivity contribution in [2.75, 3.05) is 38.0 Å². The molecule has 8 heteroatoms. The van der Waals surface area contributed by atoms with Gasteiger partial charge in [0, 0.05) is 25.2 Å². The number of carboxylic acid groups (broad SMARTS) is 1. The Morgan fingerprint density at radius 3 is 2.84 bits per heavy atom. The summed E-state index contributed by atoms with van der Waals surface area (Å²) in [6.07, 6.45) is 5.73. The highest BCUT2D eigenvalue weighted by Gasteiger charge is 2.40. The average Bonchev–Trinajstić information content (AvgIpc) is 3.40. The smallest absolute Gasteiger partial charge is 0.321 e. The van der Waals surface area contributed by atoms with E-state index < -0.39 is 11.9 Å². The van der Waals surface area contributed by atoms with Crippen molar-refractivity contribution < 1.29 is 14.7 Å². The predicted octanol–water partition coefficient (Wildman–Crippen LogP) is 3.42. The molecule has 3 unspecified atom stereocenters. The molecule has 0 spiro atoms. The summed E-state index contributed by atoms with van der Waals surface area (Å²) < 4.78 is 0. The van der Waals surface area contributed by atoms with E-state index in [0.29, 0.717) is 19.5 Å². The molecule has 0 radical (unpaired) electrons. The number of carboxylic acids is 1. The highest BCUT2D eigenvalue weighted by atomic mass is 32.2. The zero-order valence-electron chi connectivity index (χ0n) is 18.8. The van der Waals surface area contributed by atoms with E-state index in [1.54, 1.807) is 4.90 Å². The van der Waals surface area contributed by atoms with E-state index in [-0.39, 0.29) is 23.0 Å². The maximum atomic E-state index is 12.8. The minimum atomic E-state index is -1.12. The van der Waals surface area contributed by atoms with Gasteiger partial charge in [-0.1, -0.05) is 12.1 Å². The molecule has 2 fully saturated rings. The van der Waals surface area contributed by atoms with Gasteiger partial charge in [0.2, 0.25) is 5.91 Å². The van der Waals surface area contributed by atoms with Gasteiger partial charge in [-0.15, -0.1) is 11.8 Å². The van der Waals surface area contributed by atoms with Crippen molar-refractivity contribution >= 4 is 29.3 Å². The van der Waals surface area contributed by atoms with Gasteiger partial charge in [0.1, 0.15) is 5.92 Å². The van der Waals surface area contributed by atoms with Gasteiger partial charge in [0.15, 0.2) is 0 Å². The summed E-state index contributed by atoms with van der Waals surface area (Å²) in [5.74, 6) is -2.16. The lowest BCUT2D eigenvalue weighted by Crippen LogP contribution is -2.36. The summed E-state index contributed by atoms with van der Waals surface area (Å²) in [5, 5.41) is 21.3. The van der Waals surface area contributed by atoms with Crippen LogP contribution in [0, 0.1) is 17.2 Å². The molecule has 1 aromatic carbocycles. The molecule has 32 heavy (non-hydrogen) atoms. The molecular formula is C24H34N4O3S. The lowest BCUT2D eigenvalue weighted by Gasteiger charge is -2.22. The van der Waals surface area contributed by atoms with Gasteiger partial charge in [-0.25, -0.2) is 0 Å². The van der Waals surface area contributed by atoms with E-state index in [0.717, 1.165) is 12.1 Å². The highest BCUT2D eigenvalue weighted by Crippen LogP contribution is 2.36. The number of nitrogens with one attached hydrogen (secondary N) is 1. The van der Waals surface area contributed by atoms with Gasteiger partial charge in [0.05, 0.1) is 16.7 Å². The summed E-state index contributed by atoms with van der Waals surface area (Å²) in [5.41, 5.74) is 2.40. The highest BCUT2D eigenvalue weighted by molar-refractivity contribution is 8.01. The van der Waals surface area contributed by atoms with Crippen LogP contribution in [0.1, 0.15) is 44.6 Å². The third-order valence-corrected chi connectivity index (χ3v) is 7.79. The third kappa shape index (κ3) is 6.63. The fourth-order valence-electron chi connectivity index (χ4n) is 4.49. The lowest BCUT2D eigenvalue weighted by atomic mass is 10.1. The second-order valence-corrected chi connectivity index (χ2v) is 9.91. The first-order valence-electron chi connectivity index (χ1n) is 11.6. The number of carbonyl (C=O) groups excluding carboxylic acids is 1. The van der Waals surface area contributed by atoms with Gasteiger partial charge in [0.25, 0.3) is 0 Å². The molecule has 2 aliphatic heterocycles. The first kappa shape index (κ1) is 24.4. The summed E-state index contributed by atoms with van der Waals surface area (Å²) in [6.45, 7) is 6.74. The van der Waals surface area contributed by atoms with Crippen molar-refractivity contribution in [3.05, 3.63) is 29.8 Å². The van der Waals surface area contributed by atoms with Crippen LogP contribution in [-0.2, 0) is 16.0 Å². The SMILES string of the molecule is CCN1C(=O)C(CCNc2cccc(CCCN3CCCC3)c2)SC1CC(C#N)C(=O)O. The van der Waals surface area contributed by atoms with Gasteiger partial charge in [-0.05, 0) is 76.4 Å². The summed E-state index contributed by atoms with van der Waals surface area (Å²) in [7, 11) is 0. The Morgan fingerprint density at radius 1 is 1.38 bits per heavy atom. The number of carbonyl (C=O) groups is 2. The zero-order valence-corrected chi connectivity index (χ0v) is 19.6. The monoisotopic (exact) mass is 458 g/mol. The Hall–Kier alpha value is -2.24. The number of nitrogens with zero attached hydrogens (tertiary/aromatic N) is 3. The van der Waals surface area contributed by atoms with Gasteiger partial charge >= 0.3 is 5.97 Å². The molecule has 1 aromatic rings. The van der Waals surface area contributed by atoms with Gasteiger partial charge in [-0.3, -0.25) is 9.59 Å². The minimum Gasteiger partial charge on any atom is -0.480 e. The maximum absolute atomic E-state index is 12.8. The van der Waals surface area contributed by atoms with Crippen molar-refractivity contribution in [1.82, 2.24) is 9.80 Å². The van der Waals surface area contributed by atoms with E-state index in [9.17, 15) is 14.7 Å². The lowest BCUT2D eigenvalue weighted by molar-refractivity contribution is -0.141. The van der Waals surface area contributed by atoms with Crippen LogP contribution < -0.4 is 5.32 Å². The Morgan fingerprint density at radius 2 is 2.16 bits per heavy atom. The first-order valence-corrected chi connectivity index (χ1v) is 12.6. The first-order chi connectivity index (χ1) is 15.5. The fourth-order valence-corrected chi connectivity index (χ4v) is 6.08. The second-order valence-electron chi connectivity index (χ2n) is 8.53. The van der Waals surface area contributed by atoms with Crippen LogP contribution in [0.4, 0.5) is 5.69 Å². The molecule has 2 aliphatic rings. The Kier molecular flexibility index (Phi) is 9.24. The molecule has 1 amide bonds. The molecule has 2 saturated heterocycles. The van der Waals surface area contributed by atoms with Crippen LogP contribution in [-0.4, -0.2) is 70.1 Å². The number of rotatable bonds is 12. The molecule has 2 heterocycles. The van der Waals surface area contributed by atoms with E-state index in [1.165, 1.54) is 56.2 Å². The second kappa shape index (κ2) is 12.1. The van der Waals surface area contributed by atoms with Crippen LogP contribution >= 0.6 is 11.8 Å². The van der Waals surface area contributed by atoms with E-state index >= 15 is 0 Å². The summed E-state index contributed by atoms with van der Waals surface area (Å²) in [4.78, 5) is 28.2. The topological polar surface area (TPSA) is 96.7 Å². The van der Waals surface area contributed by atoms with Gasteiger partial charge in [-0.2, -0.15) is 5.26 Å². The standard InChI is InChI=1S/C24H34N4O3S/c1-2-28-22(16-19(17-25)24(30)31)32-21(23(28)29)10-11-26-20-9-5-7-18(15-20)8-6-14-27-12-3-4-13-27/h5,7,9,15,19,21-22,26H,2-4,6,8,10-14,16H2,1H3,(H,30,31). The summed E-state index contributed by atoms with van der Waals surface area (Å²) >= 11 is 1.49. The number of amides is 1. The molecule has 3 rings (SSSR count). The normalized spacial score (nSPS) is 22.1. The fraction of sp³-hybridized carbons (Fsp3) is 0.625. The predicted molar refractivity (Wildman–Crippen MR) is 127 cm³/mol. The van der Waals surface area contributed by atoms with Crippen LogP contribution in [0.5, 0.6) is 0 Å². The number of aliphatic carboxylic acids is 1. The number of hydrogen-bond donors (Lipinski definition) is 2. The number of thioether (sulfide) groups is 1. The molecule has 2 N–H and O–H groups in total. The van der Waals surface area contributed by atoms with Crippen molar-refractivity contribution in [2.45, 2.75) is 56.1 Å². The Balaban J connectivity index is 1.45. The van der Waals surface area contributed by atoms with Crippen molar-refractivity contribution in [2.24, 2.45) is 5.92 Å². The van der Waals surface area contributed by atoms with Crippen molar-refractivity contribution in [3.63, 3.8) is 0 Å². The molecule has 0 aliphatic carbocycles. The Labute approximate surface area is 195 Å². The van der Waals surface area contributed by atoms with Crippen molar-refractivity contribution in [3.8, 4) is 6.07 Å². The largest absolute Gasteiger partial charge is 0.480 e. The van der Waals surface area contributed by atoms with E-state index in [1.807, 2.05) is 13.0 Å². The van der Waals surface area contributed by atoms with Crippen LogP contribution in [0.3, 0.4) is 0 Å². The van der Waals surface area contributed by atoms with E-state index in [2.05, 4.69) is 34.5 Å². The maximum Gasteiger partial charge on any atom is 0.321 e. The molecule has 174 valence electrons. The number of likely N-dealkylation sites (tertiary alicyclic amines) is 1. The zero-order chi connectivity index (χ0) is 22.9. The van der Waals surface area contributed by atoms with Crippen LogP contribution in [0.2, 0.25) is 0 Å². The summed E-state index contributed by atoms with van der Waals surface area (Å²) in [6, 6.07) is 10.3. The Bertz CT molecular complexity index is 822. The molecule has 0 saturated carbocycles. The average molecular weight is 459 g/mol. The number of hydrogen-bond acceptors (Lipinski definition) is 6. The van der Waals surface area contributed by atoms with Crippen LogP contribution in [0.25, 0.3) is 0 Å².